The number of carbonyl (C=O) groups excluding carboxylic acids is 2. The van der Waals surface area contributed by atoms with Gasteiger partial charge in [0.25, 0.3) is 5.91 Å². The maximum Gasteiger partial charge on any atom is 0.257 e. The van der Waals surface area contributed by atoms with Crippen LogP contribution in [-0.2, 0) is 11.2 Å². The van der Waals surface area contributed by atoms with E-state index in [0.717, 1.165) is 17.7 Å². The number of rotatable bonds is 6. The summed E-state index contributed by atoms with van der Waals surface area (Å²) in [4.78, 5) is 29.4. The lowest BCUT2D eigenvalue weighted by Gasteiger charge is -2.23. The van der Waals surface area contributed by atoms with Gasteiger partial charge in [0.2, 0.25) is 5.91 Å². The molecule has 0 aliphatic carbocycles. The van der Waals surface area contributed by atoms with Gasteiger partial charge in [-0.15, -0.1) is 0 Å². The first kappa shape index (κ1) is 22.0. The summed E-state index contributed by atoms with van der Waals surface area (Å²) < 4.78 is 10.8. The summed E-state index contributed by atoms with van der Waals surface area (Å²) in [5.74, 6) is 1.23. The summed E-state index contributed by atoms with van der Waals surface area (Å²) in [5.41, 5.74) is 1.39. The van der Waals surface area contributed by atoms with Crippen molar-refractivity contribution < 1.29 is 19.1 Å². The fourth-order valence-electron chi connectivity index (χ4n) is 3.54. The van der Waals surface area contributed by atoms with Crippen molar-refractivity contribution >= 4 is 23.4 Å². The van der Waals surface area contributed by atoms with E-state index in [-0.39, 0.29) is 11.8 Å². The highest BCUT2D eigenvalue weighted by atomic mass is 35.5. The molecule has 30 heavy (non-hydrogen) atoms. The molecule has 0 spiro atoms. The Kier molecular flexibility index (Phi) is 7.57. The molecule has 2 aromatic rings. The molecule has 0 radical (unpaired) electrons. The average molecular weight is 431 g/mol. The van der Waals surface area contributed by atoms with E-state index in [0.29, 0.717) is 55.5 Å². The van der Waals surface area contributed by atoms with E-state index in [1.165, 1.54) is 7.11 Å². The van der Waals surface area contributed by atoms with Crippen LogP contribution in [0.15, 0.2) is 42.5 Å². The third-order valence-electron chi connectivity index (χ3n) is 5.12. The molecule has 0 unspecified atom stereocenters. The molecular weight excluding hydrogens is 404 g/mol. The van der Waals surface area contributed by atoms with Crippen LogP contribution in [0.2, 0.25) is 5.02 Å². The van der Waals surface area contributed by atoms with Gasteiger partial charge in [-0.1, -0.05) is 23.7 Å². The van der Waals surface area contributed by atoms with Crippen LogP contribution in [0.25, 0.3) is 0 Å². The normalized spacial score (nSPS) is 14.2. The molecular formula is C23H27ClN2O4. The van der Waals surface area contributed by atoms with Crippen LogP contribution in [0.1, 0.15) is 29.3 Å². The Balaban J connectivity index is 1.61. The molecule has 0 aromatic heterocycles. The first-order chi connectivity index (χ1) is 14.5. The van der Waals surface area contributed by atoms with Crippen LogP contribution in [0.4, 0.5) is 0 Å². The Labute approximate surface area is 182 Å². The van der Waals surface area contributed by atoms with E-state index in [9.17, 15) is 9.59 Å². The van der Waals surface area contributed by atoms with Gasteiger partial charge in [-0.3, -0.25) is 9.59 Å². The molecule has 2 aromatic carbocycles. The maximum absolute atomic E-state index is 13.0. The van der Waals surface area contributed by atoms with E-state index in [1.54, 1.807) is 23.1 Å². The Hall–Kier alpha value is -2.73. The van der Waals surface area contributed by atoms with Gasteiger partial charge in [0, 0.05) is 31.2 Å². The number of amides is 2. The fourth-order valence-corrected chi connectivity index (χ4v) is 3.72. The van der Waals surface area contributed by atoms with E-state index in [1.807, 2.05) is 36.1 Å². The summed E-state index contributed by atoms with van der Waals surface area (Å²) in [7, 11) is 1.53. The van der Waals surface area contributed by atoms with Gasteiger partial charge < -0.3 is 19.3 Å². The van der Waals surface area contributed by atoms with Crippen LogP contribution in [0.3, 0.4) is 0 Å². The average Bonchev–Trinajstić information content (AvgIpc) is 3.01. The van der Waals surface area contributed by atoms with E-state index in [4.69, 9.17) is 21.1 Å². The van der Waals surface area contributed by atoms with Crippen LogP contribution in [0, 0.1) is 0 Å². The van der Waals surface area contributed by atoms with Crippen LogP contribution < -0.4 is 9.47 Å². The Bertz CT molecular complexity index is 885. The zero-order chi connectivity index (χ0) is 21.5. The zero-order valence-electron chi connectivity index (χ0n) is 17.4. The lowest BCUT2D eigenvalue weighted by Crippen LogP contribution is -2.38. The van der Waals surface area contributed by atoms with Gasteiger partial charge >= 0.3 is 0 Å². The number of benzene rings is 2. The van der Waals surface area contributed by atoms with Gasteiger partial charge in [-0.2, -0.15) is 0 Å². The molecule has 1 heterocycles. The molecule has 3 rings (SSSR count). The minimum Gasteiger partial charge on any atom is -0.496 e. The number of carbonyl (C=O) groups is 2. The van der Waals surface area contributed by atoms with Crippen LogP contribution in [0.5, 0.6) is 11.5 Å². The van der Waals surface area contributed by atoms with Crippen molar-refractivity contribution in [2.24, 2.45) is 0 Å². The molecule has 1 aliphatic rings. The van der Waals surface area contributed by atoms with E-state index >= 15 is 0 Å². The molecule has 0 atom stereocenters. The second kappa shape index (κ2) is 10.3. The number of ether oxygens (including phenoxy) is 2. The molecule has 7 heteroatoms. The largest absolute Gasteiger partial charge is 0.496 e. The minimum atomic E-state index is -0.129. The van der Waals surface area contributed by atoms with Crippen molar-refractivity contribution in [3.63, 3.8) is 0 Å². The second-order valence-electron chi connectivity index (χ2n) is 7.12. The summed E-state index contributed by atoms with van der Waals surface area (Å²) >= 11 is 6.07. The number of hydrogen-bond donors (Lipinski definition) is 0. The van der Waals surface area contributed by atoms with Gasteiger partial charge in [0.1, 0.15) is 11.5 Å². The summed E-state index contributed by atoms with van der Waals surface area (Å²) in [6, 6.07) is 12.6. The lowest BCUT2D eigenvalue weighted by atomic mass is 10.1. The maximum atomic E-state index is 13.0. The van der Waals surface area contributed by atoms with Crippen LogP contribution in [-0.4, -0.2) is 61.5 Å². The summed E-state index contributed by atoms with van der Waals surface area (Å²) in [6.45, 7) is 4.75. The molecule has 1 aliphatic heterocycles. The first-order valence-corrected chi connectivity index (χ1v) is 10.5. The van der Waals surface area contributed by atoms with Crippen molar-refractivity contribution in [1.29, 1.82) is 0 Å². The highest BCUT2D eigenvalue weighted by molar-refractivity contribution is 6.31. The molecule has 2 amide bonds. The standard InChI is InChI=1S/C23H27ClN2O4/c1-3-30-19-8-5-17(6-9-19)15-22(27)25-11-4-12-26(14-13-25)23(28)20-16-18(24)7-10-21(20)29-2/h5-10,16H,3-4,11-15H2,1-2H3. The summed E-state index contributed by atoms with van der Waals surface area (Å²) in [5, 5.41) is 0.487. The van der Waals surface area contributed by atoms with Gasteiger partial charge in [-0.25, -0.2) is 0 Å². The SMILES string of the molecule is CCOc1ccc(CC(=O)N2CCCN(C(=O)c3cc(Cl)ccc3OC)CC2)cc1. The predicted molar refractivity (Wildman–Crippen MR) is 116 cm³/mol. The van der Waals surface area contributed by atoms with E-state index < -0.39 is 0 Å². The predicted octanol–water partition coefficient (Wildman–Crippen LogP) is 3.66. The number of halogens is 1. The molecule has 6 nitrogen and oxygen atoms in total. The minimum absolute atomic E-state index is 0.0637. The molecule has 1 saturated heterocycles. The van der Waals surface area contributed by atoms with Crippen LogP contribution >= 0.6 is 11.6 Å². The molecule has 1 fully saturated rings. The molecule has 0 N–H and O–H groups in total. The lowest BCUT2D eigenvalue weighted by molar-refractivity contribution is -0.130. The Morgan fingerprint density at radius 3 is 2.40 bits per heavy atom. The Morgan fingerprint density at radius 1 is 1.00 bits per heavy atom. The van der Waals surface area contributed by atoms with Gasteiger partial charge in [0.05, 0.1) is 25.7 Å². The first-order valence-electron chi connectivity index (χ1n) is 10.1. The number of methoxy groups -OCH3 is 1. The van der Waals surface area contributed by atoms with Crippen molar-refractivity contribution in [2.75, 3.05) is 39.9 Å². The van der Waals surface area contributed by atoms with Gasteiger partial charge in [0.15, 0.2) is 0 Å². The zero-order valence-corrected chi connectivity index (χ0v) is 18.2. The highest BCUT2D eigenvalue weighted by Crippen LogP contribution is 2.24. The van der Waals surface area contributed by atoms with Crippen molar-refractivity contribution in [3.05, 3.63) is 58.6 Å². The smallest absolute Gasteiger partial charge is 0.257 e. The number of hydrogen-bond acceptors (Lipinski definition) is 4. The highest BCUT2D eigenvalue weighted by Gasteiger charge is 2.25. The number of nitrogens with zero attached hydrogens (tertiary/aromatic N) is 2. The quantitative estimate of drug-likeness (QED) is 0.701. The second-order valence-corrected chi connectivity index (χ2v) is 7.56. The van der Waals surface area contributed by atoms with Crippen molar-refractivity contribution in [2.45, 2.75) is 19.8 Å². The summed E-state index contributed by atoms with van der Waals surface area (Å²) in [6.07, 6.45) is 1.06. The molecule has 160 valence electrons. The third kappa shape index (κ3) is 5.45. The van der Waals surface area contributed by atoms with E-state index in [2.05, 4.69) is 0 Å². The topological polar surface area (TPSA) is 59.1 Å². The van der Waals surface area contributed by atoms with Crippen molar-refractivity contribution in [3.8, 4) is 11.5 Å². The molecule has 0 saturated carbocycles. The van der Waals surface area contributed by atoms with Gasteiger partial charge in [-0.05, 0) is 49.2 Å². The Morgan fingerprint density at radius 2 is 1.70 bits per heavy atom. The van der Waals surface area contributed by atoms with Crippen molar-refractivity contribution in [1.82, 2.24) is 9.80 Å². The molecule has 0 bridgehead atoms. The monoisotopic (exact) mass is 430 g/mol. The third-order valence-corrected chi connectivity index (χ3v) is 5.35. The fraction of sp³-hybridized carbons (Fsp3) is 0.391.